The Hall–Kier alpha value is -0.570. The molecule has 1 atom stereocenters. The van der Waals surface area contributed by atoms with Gasteiger partial charge in [0.05, 0.1) is 0 Å². The maximum Gasteiger partial charge on any atom is 0.0458 e. The predicted molar refractivity (Wildman–Crippen MR) is 37.7 cm³/mol. The second kappa shape index (κ2) is 2.21. The molecular weight excluding hydrogens is 142 g/mol. The highest BCUT2D eigenvalue weighted by molar-refractivity contribution is 5.68. The molecule has 0 radical (unpaired) electrons. The number of rotatable bonds is 1. The van der Waals surface area contributed by atoms with E-state index in [0.717, 1.165) is 13.0 Å². The first-order valence-corrected chi connectivity index (χ1v) is 4.13. The predicted octanol–water partition coefficient (Wildman–Crippen LogP) is -0.874. The van der Waals surface area contributed by atoms with Crippen LogP contribution in [0.15, 0.2) is 0 Å². The van der Waals surface area contributed by atoms with Gasteiger partial charge in [-0.3, -0.25) is 0 Å². The summed E-state index contributed by atoms with van der Waals surface area (Å²) in [6.07, 6.45) is 3.23. The average molecular weight is 154 g/mol. The molecule has 1 spiro atoms. The first-order valence-electron chi connectivity index (χ1n) is 4.13. The minimum Gasteiger partial charge on any atom is -0.550 e. The molecule has 0 aromatic carbocycles. The molecule has 0 aromatic heterocycles. The summed E-state index contributed by atoms with van der Waals surface area (Å²) in [5.41, 5.74) is 0.350. The van der Waals surface area contributed by atoms with E-state index in [-0.39, 0.29) is 5.92 Å². The number of carboxylic acid groups (broad SMARTS) is 1. The molecule has 3 nitrogen and oxygen atoms in total. The van der Waals surface area contributed by atoms with Gasteiger partial charge in [-0.1, -0.05) is 0 Å². The molecule has 1 unspecified atom stereocenters. The summed E-state index contributed by atoms with van der Waals surface area (Å²) in [5.74, 6) is -1.13. The third-order valence-electron chi connectivity index (χ3n) is 2.86. The number of hydrogen-bond donors (Lipinski definition) is 1. The van der Waals surface area contributed by atoms with Crippen LogP contribution in [-0.2, 0) is 4.79 Å². The monoisotopic (exact) mass is 154 g/mol. The lowest BCUT2D eigenvalue weighted by Crippen LogP contribution is -2.45. The van der Waals surface area contributed by atoms with E-state index in [0.29, 0.717) is 12.0 Å². The fraction of sp³-hybridized carbons (Fsp3) is 0.875. The molecule has 1 N–H and O–H groups in total. The van der Waals surface area contributed by atoms with Gasteiger partial charge in [0.2, 0.25) is 0 Å². The standard InChI is InChI=1S/C8H13NO2/c10-7(11)6-3-8(1-2-8)5-9-4-6/h6,9H,1-5H2,(H,10,11)/p-1. The van der Waals surface area contributed by atoms with Crippen LogP contribution < -0.4 is 10.4 Å². The quantitative estimate of drug-likeness (QED) is 0.534. The Bertz CT molecular complexity index is 187. The van der Waals surface area contributed by atoms with Gasteiger partial charge in [0, 0.05) is 25.0 Å². The second-order valence-electron chi connectivity index (χ2n) is 3.85. The van der Waals surface area contributed by atoms with Gasteiger partial charge in [-0.25, -0.2) is 0 Å². The highest BCUT2D eigenvalue weighted by Crippen LogP contribution is 2.51. The Kier molecular flexibility index (Phi) is 1.42. The first-order chi connectivity index (χ1) is 5.22. The maximum absolute atomic E-state index is 10.5. The van der Waals surface area contributed by atoms with Gasteiger partial charge in [-0.15, -0.1) is 0 Å². The van der Waals surface area contributed by atoms with Gasteiger partial charge in [0.15, 0.2) is 0 Å². The lowest BCUT2D eigenvalue weighted by atomic mass is 9.88. The fourth-order valence-electron chi connectivity index (χ4n) is 1.90. The third kappa shape index (κ3) is 1.25. The number of carboxylic acids is 1. The zero-order valence-corrected chi connectivity index (χ0v) is 6.43. The van der Waals surface area contributed by atoms with Crippen molar-refractivity contribution in [2.75, 3.05) is 13.1 Å². The number of carbonyl (C=O) groups excluding carboxylic acids is 1. The van der Waals surface area contributed by atoms with Crippen LogP contribution in [0.1, 0.15) is 19.3 Å². The first kappa shape index (κ1) is 7.10. The molecule has 0 aromatic rings. The summed E-state index contributed by atoms with van der Waals surface area (Å²) in [5, 5.41) is 13.7. The van der Waals surface area contributed by atoms with Gasteiger partial charge >= 0.3 is 0 Å². The smallest absolute Gasteiger partial charge is 0.0458 e. The topological polar surface area (TPSA) is 52.2 Å². The molecule has 11 heavy (non-hydrogen) atoms. The van der Waals surface area contributed by atoms with Crippen LogP contribution in [0.4, 0.5) is 0 Å². The number of nitrogens with one attached hydrogen (secondary N) is 1. The van der Waals surface area contributed by atoms with Crippen LogP contribution in [0.25, 0.3) is 0 Å². The van der Waals surface area contributed by atoms with Crippen molar-refractivity contribution in [3.05, 3.63) is 0 Å². The molecule has 1 saturated carbocycles. The molecule has 1 heterocycles. The minimum atomic E-state index is -0.886. The van der Waals surface area contributed by atoms with Crippen molar-refractivity contribution >= 4 is 5.97 Å². The molecule has 3 heteroatoms. The fourth-order valence-corrected chi connectivity index (χ4v) is 1.90. The summed E-state index contributed by atoms with van der Waals surface area (Å²) in [4.78, 5) is 10.5. The summed E-state index contributed by atoms with van der Waals surface area (Å²) in [7, 11) is 0. The van der Waals surface area contributed by atoms with Crippen molar-refractivity contribution in [1.82, 2.24) is 5.32 Å². The molecule has 2 rings (SSSR count). The lowest BCUT2D eigenvalue weighted by molar-refractivity contribution is -0.312. The summed E-state index contributed by atoms with van der Waals surface area (Å²) < 4.78 is 0. The van der Waals surface area contributed by atoms with Crippen LogP contribution in [0.3, 0.4) is 0 Å². The molecule has 1 aliphatic carbocycles. The van der Waals surface area contributed by atoms with Gasteiger partial charge in [0.25, 0.3) is 0 Å². The van der Waals surface area contributed by atoms with E-state index in [1.807, 2.05) is 0 Å². The van der Waals surface area contributed by atoms with E-state index in [9.17, 15) is 9.90 Å². The van der Waals surface area contributed by atoms with Crippen LogP contribution in [0, 0.1) is 11.3 Å². The van der Waals surface area contributed by atoms with Crippen LogP contribution in [0.2, 0.25) is 0 Å². The lowest BCUT2D eigenvalue weighted by Gasteiger charge is -2.30. The van der Waals surface area contributed by atoms with E-state index in [2.05, 4.69) is 5.32 Å². The summed E-state index contributed by atoms with van der Waals surface area (Å²) in [6, 6.07) is 0. The molecule has 1 saturated heterocycles. The zero-order valence-electron chi connectivity index (χ0n) is 6.43. The van der Waals surface area contributed by atoms with E-state index < -0.39 is 5.97 Å². The molecular formula is C8H12NO2-. The Morgan fingerprint density at radius 3 is 2.82 bits per heavy atom. The van der Waals surface area contributed by atoms with Crippen molar-refractivity contribution in [3.63, 3.8) is 0 Å². The normalized spacial score (nSPS) is 33.6. The SMILES string of the molecule is O=C([O-])C1CNCC2(CC2)C1. The number of aliphatic carboxylic acids is 1. The van der Waals surface area contributed by atoms with Gasteiger partial charge in [-0.05, 0) is 24.7 Å². The van der Waals surface area contributed by atoms with E-state index >= 15 is 0 Å². The highest BCUT2D eigenvalue weighted by atomic mass is 16.4. The number of hydrogen-bond acceptors (Lipinski definition) is 3. The Labute approximate surface area is 65.8 Å². The average Bonchev–Trinajstić information content (AvgIpc) is 2.69. The van der Waals surface area contributed by atoms with E-state index in [1.54, 1.807) is 0 Å². The van der Waals surface area contributed by atoms with Gasteiger partial charge < -0.3 is 15.2 Å². The van der Waals surface area contributed by atoms with Gasteiger partial charge in [0.1, 0.15) is 0 Å². The molecule has 0 amide bonds. The van der Waals surface area contributed by atoms with Crippen molar-refractivity contribution in [2.45, 2.75) is 19.3 Å². The van der Waals surface area contributed by atoms with Crippen LogP contribution in [-0.4, -0.2) is 19.1 Å². The van der Waals surface area contributed by atoms with Crippen molar-refractivity contribution < 1.29 is 9.90 Å². The molecule has 2 fully saturated rings. The van der Waals surface area contributed by atoms with E-state index in [4.69, 9.17) is 0 Å². The maximum atomic E-state index is 10.5. The van der Waals surface area contributed by atoms with Crippen LogP contribution in [0.5, 0.6) is 0 Å². The van der Waals surface area contributed by atoms with Gasteiger partial charge in [-0.2, -0.15) is 0 Å². The molecule has 2 aliphatic rings. The third-order valence-corrected chi connectivity index (χ3v) is 2.86. The summed E-state index contributed by atoms with van der Waals surface area (Å²) in [6.45, 7) is 1.61. The Morgan fingerprint density at radius 2 is 2.27 bits per heavy atom. The highest BCUT2D eigenvalue weighted by Gasteiger charge is 2.45. The second-order valence-corrected chi connectivity index (χ2v) is 3.85. The Morgan fingerprint density at radius 1 is 1.55 bits per heavy atom. The van der Waals surface area contributed by atoms with Crippen molar-refractivity contribution in [3.8, 4) is 0 Å². The molecule has 1 aliphatic heterocycles. The molecule has 62 valence electrons. The zero-order chi connectivity index (χ0) is 7.90. The van der Waals surface area contributed by atoms with Crippen molar-refractivity contribution in [2.24, 2.45) is 11.3 Å². The minimum absolute atomic E-state index is 0.244. The number of carbonyl (C=O) groups is 1. The van der Waals surface area contributed by atoms with Crippen molar-refractivity contribution in [1.29, 1.82) is 0 Å². The van der Waals surface area contributed by atoms with Crippen LogP contribution >= 0.6 is 0 Å². The van der Waals surface area contributed by atoms with E-state index in [1.165, 1.54) is 12.8 Å². The summed E-state index contributed by atoms with van der Waals surface area (Å²) >= 11 is 0. The Balaban J connectivity index is 1.98. The largest absolute Gasteiger partial charge is 0.550 e. The number of piperidine rings is 1. The molecule has 0 bridgehead atoms.